The number of ether oxygens (including phenoxy) is 1. The molecule has 2 nitrogen and oxygen atoms in total. The zero-order valence-electron chi connectivity index (χ0n) is 8.84. The molecule has 0 unspecified atom stereocenters. The number of alkyl halides is 3. The molecule has 0 atom stereocenters. The minimum absolute atomic E-state index is 0.105. The normalized spacial score (nSPS) is 11.6. The van der Waals surface area contributed by atoms with E-state index >= 15 is 0 Å². The molecule has 0 aliphatic heterocycles. The summed E-state index contributed by atoms with van der Waals surface area (Å²) in [6, 6.07) is 3.29. The van der Waals surface area contributed by atoms with Gasteiger partial charge in [0.15, 0.2) is 6.29 Å². The monoisotopic (exact) mass is 232 g/mol. The minimum Gasteiger partial charge on any atom is -0.491 e. The average Bonchev–Trinajstić information content (AvgIpc) is 2.15. The van der Waals surface area contributed by atoms with Crippen LogP contribution in [0.25, 0.3) is 0 Å². The van der Waals surface area contributed by atoms with Gasteiger partial charge in [-0.15, -0.1) is 0 Å². The van der Waals surface area contributed by atoms with Gasteiger partial charge in [0.05, 0.1) is 11.7 Å². The Balaban J connectivity index is 3.16. The van der Waals surface area contributed by atoms with Crippen LogP contribution in [0.5, 0.6) is 5.75 Å². The van der Waals surface area contributed by atoms with Crippen molar-refractivity contribution in [3.05, 3.63) is 29.3 Å². The van der Waals surface area contributed by atoms with E-state index in [1.807, 2.05) is 0 Å². The van der Waals surface area contributed by atoms with Crippen LogP contribution >= 0.6 is 0 Å². The molecule has 0 radical (unpaired) electrons. The van der Waals surface area contributed by atoms with E-state index in [-0.39, 0.29) is 23.7 Å². The van der Waals surface area contributed by atoms with Crippen molar-refractivity contribution in [2.24, 2.45) is 0 Å². The second kappa shape index (κ2) is 4.55. The van der Waals surface area contributed by atoms with Gasteiger partial charge < -0.3 is 4.74 Å². The number of rotatable bonds is 3. The Morgan fingerprint density at radius 2 is 1.94 bits per heavy atom. The van der Waals surface area contributed by atoms with Gasteiger partial charge in [-0.2, -0.15) is 13.2 Å². The third kappa shape index (κ3) is 2.98. The SMILES string of the molecule is CC(C)Oc1ccc(C=O)c(C(F)(F)F)c1. The third-order valence-electron chi connectivity index (χ3n) is 1.83. The van der Waals surface area contributed by atoms with E-state index in [4.69, 9.17) is 4.74 Å². The van der Waals surface area contributed by atoms with Gasteiger partial charge in [-0.3, -0.25) is 4.79 Å². The number of halogens is 3. The van der Waals surface area contributed by atoms with Crippen molar-refractivity contribution in [3.63, 3.8) is 0 Å². The Morgan fingerprint density at radius 1 is 1.31 bits per heavy atom. The lowest BCUT2D eigenvalue weighted by atomic mass is 10.1. The van der Waals surface area contributed by atoms with Crippen LogP contribution in [0.2, 0.25) is 0 Å². The first-order chi connectivity index (χ1) is 7.34. The van der Waals surface area contributed by atoms with Crippen LogP contribution < -0.4 is 4.74 Å². The molecular formula is C11H11F3O2. The molecule has 0 aromatic heterocycles. The maximum absolute atomic E-state index is 12.5. The van der Waals surface area contributed by atoms with Crippen LogP contribution in [0.15, 0.2) is 18.2 Å². The van der Waals surface area contributed by atoms with Crippen LogP contribution in [0.4, 0.5) is 13.2 Å². The molecule has 0 fully saturated rings. The van der Waals surface area contributed by atoms with E-state index in [9.17, 15) is 18.0 Å². The molecule has 0 aliphatic carbocycles. The lowest BCUT2D eigenvalue weighted by molar-refractivity contribution is -0.138. The highest BCUT2D eigenvalue weighted by atomic mass is 19.4. The first-order valence-electron chi connectivity index (χ1n) is 4.67. The molecule has 0 bridgehead atoms. The highest BCUT2D eigenvalue weighted by molar-refractivity contribution is 5.78. The summed E-state index contributed by atoms with van der Waals surface area (Å²) in [6.07, 6.45) is -4.59. The first kappa shape index (κ1) is 12.5. The van der Waals surface area contributed by atoms with Gasteiger partial charge in [0, 0.05) is 5.56 Å². The van der Waals surface area contributed by atoms with Crippen LogP contribution in [0, 0.1) is 0 Å². The van der Waals surface area contributed by atoms with Crippen LogP contribution in [0.3, 0.4) is 0 Å². The van der Waals surface area contributed by atoms with E-state index in [2.05, 4.69) is 0 Å². The standard InChI is InChI=1S/C11H11F3O2/c1-7(2)16-9-4-3-8(6-15)10(5-9)11(12,13)14/h3-7H,1-2H3. The quantitative estimate of drug-likeness (QED) is 0.747. The molecule has 16 heavy (non-hydrogen) atoms. The molecule has 0 amide bonds. The van der Waals surface area contributed by atoms with Crippen molar-refractivity contribution in [3.8, 4) is 5.75 Å². The summed E-state index contributed by atoms with van der Waals surface area (Å²) in [5.74, 6) is 0.105. The number of benzene rings is 1. The third-order valence-corrected chi connectivity index (χ3v) is 1.83. The Bertz CT molecular complexity index is 383. The predicted octanol–water partition coefficient (Wildman–Crippen LogP) is 3.31. The second-order valence-corrected chi connectivity index (χ2v) is 3.53. The van der Waals surface area contributed by atoms with Gasteiger partial charge >= 0.3 is 6.18 Å². The largest absolute Gasteiger partial charge is 0.491 e. The first-order valence-corrected chi connectivity index (χ1v) is 4.67. The molecule has 1 aromatic rings. The summed E-state index contributed by atoms with van der Waals surface area (Å²) in [7, 11) is 0. The molecular weight excluding hydrogens is 221 g/mol. The predicted molar refractivity (Wildman–Crippen MR) is 52.6 cm³/mol. The molecule has 0 saturated heterocycles. The van der Waals surface area contributed by atoms with E-state index in [0.29, 0.717) is 0 Å². The van der Waals surface area contributed by atoms with Gasteiger partial charge in [-0.25, -0.2) is 0 Å². The molecule has 0 N–H and O–H groups in total. The molecule has 0 aliphatic rings. The zero-order valence-corrected chi connectivity index (χ0v) is 8.84. The highest BCUT2D eigenvalue weighted by Gasteiger charge is 2.33. The summed E-state index contributed by atoms with van der Waals surface area (Å²) in [4.78, 5) is 10.5. The fourth-order valence-electron chi connectivity index (χ4n) is 1.23. The fraction of sp³-hybridized carbons (Fsp3) is 0.364. The van der Waals surface area contributed by atoms with E-state index in [0.717, 1.165) is 12.1 Å². The average molecular weight is 232 g/mol. The molecule has 0 saturated carbocycles. The van der Waals surface area contributed by atoms with Gasteiger partial charge in [-0.05, 0) is 32.0 Å². The number of hydrogen-bond acceptors (Lipinski definition) is 2. The van der Waals surface area contributed by atoms with E-state index in [1.54, 1.807) is 13.8 Å². The number of carbonyl (C=O) groups excluding carboxylic acids is 1. The number of carbonyl (C=O) groups is 1. The van der Waals surface area contributed by atoms with Crippen LogP contribution in [-0.4, -0.2) is 12.4 Å². The van der Waals surface area contributed by atoms with Crippen molar-refractivity contribution in [2.75, 3.05) is 0 Å². The van der Waals surface area contributed by atoms with E-state index in [1.165, 1.54) is 6.07 Å². The van der Waals surface area contributed by atoms with Gasteiger partial charge in [0.1, 0.15) is 5.75 Å². The second-order valence-electron chi connectivity index (χ2n) is 3.53. The Labute approximate surface area is 91.0 Å². The Hall–Kier alpha value is -1.52. The van der Waals surface area contributed by atoms with Crippen molar-refractivity contribution in [1.29, 1.82) is 0 Å². The van der Waals surface area contributed by atoms with Crippen LogP contribution in [-0.2, 0) is 6.18 Å². The summed E-state index contributed by atoms with van der Waals surface area (Å²) in [6.45, 7) is 3.42. The molecule has 1 aromatic carbocycles. The minimum atomic E-state index is -4.55. The molecule has 88 valence electrons. The summed E-state index contributed by atoms with van der Waals surface area (Å²) in [5.41, 5.74) is -1.36. The number of aldehydes is 1. The highest BCUT2D eigenvalue weighted by Crippen LogP contribution is 2.33. The molecule has 1 rings (SSSR count). The van der Waals surface area contributed by atoms with Crippen molar-refractivity contribution >= 4 is 6.29 Å². The molecule has 5 heteroatoms. The lowest BCUT2D eigenvalue weighted by Crippen LogP contribution is -2.11. The van der Waals surface area contributed by atoms with E-state index < -0.39 is 11.7 Å². The summed E-state index contributed by atoms with van der Waals surface area (Å²) in [5, 5.41) is 0. The fourth-order valence-corrected chi connectivity index (χ4v) is 1.23. The maximum atomic E-state index is 12.5. The van der Waals surface area contributed by atoms with Gasteiger partial charge in [0.2, 0.25) is 0 Å². The number of hydrogen-bond donors (Lipinski definition) is 0. The Morgan fingerprint density at radius 3 is 2.38 bits per heavy atom. The van der Waals surface area contributed by atoms with Gasteiger partial charge in [-0.1, -0.05) is 0 Å². The van der Waals surface area contributed by atoms with Gasteiger partial charge in [0.25, 0.3) is 0 Å². The summed E-state index contributed by atoms with van der Waals surface area (Å²) >= 11 is 0. The summed E-state index contributed by atoms with van der Waals surface area (Å²) < 4.78 is 42.7. The van der Waals surface area contributed by atoms with Crippen molar-refractivity contribution in [2.45, 2.75) is 26.1 Å². The lowest BCUT2D eigenvalue weighted by Gasteiger charge is -2.14. The topological polar surface area (TPSA) is 26.3 Å². The zero-order chi connectivity index (χ0) is 12.3. The molecule has 0 spiro atoms. The molecule has 0 heterocycles. The maximum Gasteiger partial charge on any atom is 0.417 e. The van der Waals surface area contributed by atoms with Crippen molar-refractivity contribution < 1.29 is 22.7 Å². The smallest absolute Gasteiger partial charge is 0.417 e. The van der Waals surface area contributed by atoms with Crippen molar-refractivity contribution in [1.82, 2.24) is 0 Å². The van der Waals surface area contributed by atoms with Crippen LogP contribution in [0.1, 0.15) is 29.8 Å². The Kier molecular flexibility index (Phi) is 3.57.